The lowest BCUT2D eigenvalue weighted by Gasteiger charge is -2.14. The minimum absolute atomic E-state index is 0.0105. The van der Waals surface area contributed by atoms with Crippen LogP contribution in [0.4, 0.5) is 5.69 Å². The van der Waals surface area contributed by atoms with E-state index in [-0.39, 0.29) is 17.7 Å². The molecule has 0 saturated heterocycles. The summed E-state index contributed by atoms with van der Waals surface area (Å²) in [4.78, 5) is 30.2. The second-order valence-electron chi connectivity index (χ2n) is 8.35. The molecule has 0 aromatic heterocycles. The molecule has 0 unspecified atom stereocenters. The zero-order chi connectivity index (χ0) is 22.9. The van der Waals surface area contributed by atoms with Crippen LogP contribution < -0.4 is 16.0 Å². The molecule has 170 valence electrons. The van der Waals surface area contributed by atoms with E-state index in [1.165, 1.54) is 0 Å². The van der Waals surface area contributed by atoms with Gasteiger partial charge >= 0.3 is 0 Å². The van der Waals surface area contributed by atoms with Crippen molar-refractivity contribution in [2.75, 3.05) is 26.5 Å². The first-order valence-electron chi connectivity index (χ1n) is 11.1. The van der Waals surface area contributed by atoms with Crippen molar-refractivity contribution >= 4 is 23.5 Å². The molecule has 3 rings (SSSR count). The molecular formula is C25H33N5O2. The molecule has 2 aromatic rings. The first-order valence-corrected chi connectivity index (χ1v) is 11.1. The third-order valence-corrected chi connectivity index (χ3v) is 5.67. The van der Waals surface area contributed by atoms with E-state index in [1.807, 2.05) is 48.5 Å². The summed E-state index contributed by atoms with van der Waals surface area (Å²) in [6.07, 6.45) is 4.27. The molecule has 0 bridgehead atoms. The molecule has 7 nitrogen and oxygen atoms in total. The fraction of sp³-hybridized carbons (Fsp3) is 0.400. The van der Waals surface area contributed by atoms with E-state index in [4.69, 9.17) is 0 Å². The topological polar surface area (TPSA) is 85.8 Å². The Morgan fingerprint density at radius 2 is 1.62 bits per heavy atom. The lowest BCUT2D eigenvalue weighted by Crippen LogP contribution is -2.36. The van der Waals surface area contributed by atoms with E-state index in [2.05, 4.69) is 20.9 Å². The quantitative estimate of drug-likeness (QED) is 0.460. The van der Waals surface area contributed by atoms with Crippen LogP contribution in [0, 0.1) is 5.92 Å². The molecule has 1 fully saturated rings. The van der Waals surface area contributed by atoms with Gasteiger partial charge in [0.05, 0.1) is 0 Å². The molecule has 3 N–H and O–H groups in total. The SMILES string of the molecule is CN=C(NCc1ccc(C(=O)N(C)C)cc1)NCc1cccc(NC(=O)C2CCCC2)c1. The first kappa shape index (κ1) is 23.3. The van der Waals surface area contributed by atoms with Crippen molar-refractivity contribution in [3.8, 4) is 0 Å². The summed E-state index contributed by atoms with van der Waals surface area (Å²) >= 11 is 0. The van der Waals surface area contributed by atoms with Gasteiger partial charge in [0.2, 0.25) is 5.91 Å². The Hall–Kier alpha value is -3.35. The van der Waals surface area contributed by atoms with Crippen LogP contribution in [0.25, 0.3) is 0 Å². The van der Waals surface area contributed by atoms with Crippen molar-refractivity contribution in [3.05, 3.63) is 65.2 Å². The fourth-order valence-electron chi connectivity index (χ4n) is 3.81. The van der Waals surface area contributed by atoms with E-state index in [9.17, 15) is 9.59 Å². The van der Waals surface area contributed by atoms with E-state index >= 15 is 0 Å². The number of aliphatic imine (C=N–C) groups is 1. The third-order valence-electron chi connectivity index (χ3n) is 5.67. The second-order valence-corrected chi connectivity index (χ2v) is 8.35. The lowest BCUT2D eigenvalue weighted by molar-refractivity contribution is -0.119. The maximum Gasteiger partial charge on any atom is 0.253 e. The van der Waals surface area contributed by atoms with Crippen LogP contribution >= 0.6 is 0 Å². The molecule has 0 radical (unpaired) electrons. The first-order chi connectivity index (χ1) is 15.5. The standard InChI is InChI=1S/C25H33N5O2/c1-26-25(27-16-18-11-13-21(14-12-18)24(32)30(2)3)28-17-19-7-6-10-22(15-19)29-23(31)20-8-4-5-9-20/h6-7,10-15,20H,4-5,8-9,16-17H2,1-3H3,(H,29,31)(H2,26,27,28). The number of carbonyl (C=O) groups is 2. The number of benzene rings is 2. The summed E-state index contributed by atoms with van der Waals surface area (Å²) < 4.78 is 0. The predicted molar refractivity (Wildman–Crippen MR) is 129 cm³/mol. The maximum atomic E-state index is 12.4. The molecule has 0 atom stereocenters. The van der Waals surface area contributed by atoms with Crippen LogP contribution in [-0.4, -0.2) is 43.8 Å². The van der Waals surface area contributed by atoms with Crippen LogP contribution in [0.15, 0.2) is 53.5 Å². The zero-order valence-electron chi connectivity index (χ0n) is 19.1. The van der Waals surface area contributed by atoms with Gasteiger partial charge in [0, 0.05) is 51.4 Å². The molecule has 1 saturated carbocycles. The zero-order valence-corrected chi connectivity index (χ0v) is 19.1. The van der Waals surface area contributed by atoms with Gasteiger partial charge in [-0.25, -0.2) is 0 Å². The number of carbonyl (C=O) groups excluding carboxylic acids is 2. The minimum Gasteiger partial charge on any atom is -0.352 e. The molecule has 2 aromatic carbocycles. The van der Waals surface area contributed by atoms with Gasteiger partial charge in [-0.3, -0.25) is 14.6 Å². The summed E-state index contributed by atoms with van der Waals surface area (Å²) in [6, 6.07) is 15.4. The highest BCUT2D eigenvalue weighted by molar-refractivity contribution is 5.94. The Morgan fingerprint density at radius 3 is 2.25 bits per heavy atom. The van der Waals surface area contributed by atoms with Crippen LogP contribution in [0.3, 0.4) is 0 Å². The van der Waals surface area contributed by atoms with Gasteiger partial charge in [0.25, 0.3) is 5.91 Å². The largest absolute Gasteiger partial charge is 0.352 e. The smallest absolute Gasteiger partial charge is 0.253 e. The third kappa shape index (κ3) is 6.57. The van der Waals surface area contributed by atoms with Gasteiger partial charge in [-0.2, -0.15) is 0 Å². The summed E-state index contributed by atoms with van der Waals surface area (Å²) in [6.45, 7) is 1.18. The van der Waals surface area contributed by atoms with Crippen LogP contribution in [0.2, 0.25) is 0 Å². The van der Waals surface area contributed by atoms with E-state index in [0.717, 1.165) is 42.5 Å². The van der Waals surface area contributed by atoms with Gasteiger partial charge in [-0.05, 0) is 48.2 Å². The molecule has 0 heterocycles. The normalized spacial score (nSPS) is 14.2. The minimum atomic E-state index is -0.0105. The van der Waals surface area contributed by atoms with E-state index in [0.29, 0.717) is 24.6 Å². The van der Waals surface area contributed by atoms with Crippen molar-refractivity contribution in [1.29, 1.82) is 0 Å². The Morgan fingerprint density at radius 1 is 0.969 bits per heavy atom. The Bertz CT molecular complexity index is 947. The number of amides is 2. The lowest BCUT2D eigenvalue weighted by atomic mass is 10.1. The van der Waals surface area contributed by atoms with Crippen molar-refractivity contribution < 1.29 is 9.59 Å². The van der Waals surface area contributed by atoms with Crippen LogP contribution in [0.5, 0.6) is 0 Å². The van der Waals surface area contributed by atoms with E-state index < -0.39 is 0 Å². The summed E-state index contributed by atoms with van der Waals surface area (Å²) in [5.74, 6) is 0.945. The highest BCUT2D eigenvalue weighted by atomic mass is 16.2. The van der Waals surface area contributed by atoms with Crippen molar-refractivity contribution in [3.63, 3.8) is 0 Å². The molecular weight excluding hydrogens is 402 g/mol. The number of rotatable bonds is 7. The average molecular weight is 436 g/mol. The fourth-order valence-corrected chi connectivity index (χ4v) is 3.81. The maximum absolute atomic E-state index is 12.4. The van der Waals surface area contributed by atoms with Crippen molar-refractivity contribution in [1.82, 2.24) is 15.5 Å². The molecule has 32 heavy (non-hydrogen) atoms. The Kier molecular flexibility index (Phi) is 8.25. The summed E-state index contributed by atoms with van der Waals surface area (Å²) in [5, 5.41) is 9.64. The van der Waals surface area contributed by atoms with Gasteiger partial charge in [-0.1, -0.05) is 37.1 Å². The summed E-state index contributed by atoms with van der Waals surface area (Å²) in [7, 11) is 5.21. The number of hydrogen-bond acceptors (Lipinski definition) is 3. The van der Waals surface area contributed by atoms with Crippen LogP contribution in [0.1, 0.15) is 47.2 Å². The molecule has 1 aliphatic carbocycles. The van der Waals surface area contributed by atoms with E-state index in [1.54, 1.807) is 26.0 Å². The second kappa shape index (κ2) is 11.3. The number of hydrogen-bond donors (Lipinski definition) is 3. The van der Waals surface area contributed by atoms with Gasteiger partial charge in [-0.15, -0.1) is 0 Å². The number of anilines is 1. The van der Waals surface area contributed by atoms with Gasteiger partial charge in [0.15, 0.2) is 5.96 Å². The summed E-state index contributed by atoms with van der Waals surface area (Å²) in [5.41, 5.74) is 3.61. The Balaban J connectivity index is 1.49. The molecule has 0 spiro atoms. The molecule has 0 aliphatic heterocycles. The highest BCUT2D eigenvalue weighted by Crippen LogP contribution is 2.26. The molecule has 1 aliphatic rings. The average Bonchev–Trinajstić information content (AvgIpc) is 3.34. The van der Waals surface area contributed by atoms with Gasteiger partial charge in [0.1, 0.15) is 0 Å². The van der Waals surface area contributed by atoms with Crippen molar-refractivity contribution in [2.24, 2.45) is 10.9 Å². The number of nitrogens with zero attached hydrogens (tertiary/aromatic N) is 2. The van der Waals surface area contributed by atoms with Crippen molar-refractivity contribution in [2.45, 2.75) is 38.8 Å². The number of guanidine groups is 1. The molecule has 7 heteroatoms. The molecule has 2 amide bonds. The van der Waals surface area contributed by atoms with Gasteiger partial charge < -0.3 is 20.9 Å². The highest BCUT2D eigenvalue weighted by Gasteiger charge is 2.22. The predicted octanol–water partition coefficient (Wildman–Crippen LogP) is 3.38. The Labute approximate surface area is 190 Å². The number of nitrogens with one attached hydrogen (secondary N) is 3. The van der Waals surface area contributed by atoms with Crippen LogP contribution in [-0.2, 0) is 17.9 Å². The monoisotopic (exact) mass is 435 g/mol.